The Morgan fingerprint density at radius 3 is 2.71 bits per heavy atom. The molecule has 0 fully saturated rings. The highest BCUT2D eigenvalue weighted by Crippen LogP contribution is 2.05. The van der Waals surface area contributed by atoms with Crippen LogP contribution in [0.4, 0.5) is 0 Å². The van der Waals surface area contributed by atoms with Gasteiger partial charge in [0.2, 0.25) is 0 Å². The molecule has 0 spiro atoms. The molecule has 0 radical (unpaired) electrons. The molecule has 0 N–H and O–H groups in total. The van der Waals surface area contributed by atoms with Crippen molar-refractivity contribution in [2.24, 2.45) is 0 Å². The Morgan fingerprint density at radius 2 is 2.57 bits per heavy atom. The van der Waals surface area contributed by atoms with E-state index in [0.29, 0.717) is 0 Å². The highest BCUT2D eigenvalue weighted by atomic mass is 32.2. The van der Waals surface area contributed by atoms with E-state index >= 15 is 0 Å². The molecule has 1 rings (SSSR count). The van der Waals surface area contributed by atoms with E-state index in [-0.39, 0.29) is 0 Å². The van der Waals surface area contributed by atoms with Crippen molar-refractivity contribution in [2.75, 3.05) is 0 Å². The molecule has 1 aromatic heterocycles. The lowest BCUT2D eigenvalue weighted by Crippen LogP contribution is -1.66. The molecule has 38 valence electrons. The Bertz CT molecular complexity index is 142. The van der Waals surface area contributed by atoms with Crippen LogP contribution in [-0.4, -0.2) is 4.98 Å². The van der Waals surface area contributed by atoms with Crippen molar-refractivity contribution >= 4 is 24.0 Å². The maximum Gasteiger partial charge on any atom is 0.0271 e. The lowest BCUT2D eigenvalue weighted by atomic mass is 10.6. The van der Waals surface area contributed by atoms with Gasteiger partial charge in [0.15, 0.2) is 0 Å². The number of hydrogen-bond acceptors (Lipinski definition) is 3. The van der Waals surface area contributed by atoms with Gasteiger partial charge in [-0.2, -0.15) is 0 Å². The van der Waals surface area contributed by atoms with E-state index in [4.69, 9.17) is 12.6 Å². The minimum Gasteiger partial charge on any atom is -0.408 e. The summed E-state index contributed by atoms with van der Waals surface area (Å²) in [4.78, 5) is 3.94. The van der Waals surface area contributed by atoms with Gasteiger partial charge in [-0.3, -0.25) is 4.98 Å². The van der Waals surface area contributed by atoms with Crippen molar-refractivity contribution in [1.82, 2.24) is 4.98 Å². The average molecular weight is 130 g/mol. The van der Waals surface area contributed by atoms with E-state index in [1.54, 1.807) is 0 Å². The van der Waals surface area contributed by atoms with Crippen LogP contribution < -0.4 is 0 Å². The van der Waals surface area contributed by atoms with Crippen LogP contribution in [0.15, 0.2) is 9.72 Å². The highest BCUT2D eigenvalue weighted by molar-refractivity contribution is 7.62. The van der Waals surface area contributed by atoms with Gasteiger partial charge in [0.05, 0.1) is 0 Å². The van der Waals surface area contributed by atoms with Gasteiger partial charge in [-0.15, -0.1) is 0 Å². The Balaban J connectivity index is 3.04. The molecule has 0 aliphatic rings. The fourth-order valence-corrected chi connectivity index (χ4v) is 1.14. The van der Waals surface area contributed by atoms with Crippen LogP contribution in [0.2, 0.25) is 0 Å². The van der Waals surface area contributed by atoms with Crippen LogP contribution >= 0.6 is 11.3 Å². The van der Waals surface area contributed by atoms with Crippen molar-refractivity contribution in [3.63, 3.8) is 0 Å². The third-order valence-corrected chi connectivity index (χ3v) is 1.73. The molecule has 0 bridgehead atoms. The summed E-state index contributed by atoms with van der Waals surface area (Å²) in [5.41, 5.74) is 1.02. The van der Waals surface area contributed by atoms with Crippen LogP contribution in [0.3, 0.4) is 0 Å². The topological polar surface area (TPSA) is 12.9 Å². The quantitative estimate of drug-likeness (QED) is 0.492. The molecule has 7 heavy (non-hydrogen) atoms. The third-order valence-electron chi connectivity index (χ3n) is 0.598. The van der Waals surface area contributed by atoms with Gasteiger partial charge in [0.1, 0.15) is 0 Å². The normalized spacial score (nSPS) is 9.29. The molecule has 0 amide bonds. The number of hydrogen-bond donors (Lipinski definition) is 0. The van der Waals surface area contributed by atoms with Gasteiger partial charge in [-0.25, -0.2) is 0 Å². The molecule has 1 heterocycles. The third kappa shape index (κ3) is 1.11. The van der Waals surface area contributed by atoms with Crippen molar-refractivity contribution in [2.45, 2.75) is 11.3 Å². The minimum atomic E-state index is 0.734. The summed E-state index contributed by atoms with van der Waals surface area (Å²) in [6.07, 6.45) is 0. The molecular formula is C4H4NS2-. The largest absolute Gasteiger partial charge is 0.408 e. The SMILES string of the molecule is Cc1csc([S-])n1. The van der Waals surface area contributed by atoms with Gasteiger partial charge < -0.3 is 24.0 Å². The van der Waals surface area contributed by atoms with Crippen LogP contribution in [-0.2, 0) is 12.6 Å². The highest BCUT2D eigenvalue weighted by Gasteiger charge is 1.76. The minimum absolute atomic E-state index is 0.734. The molecule has 0 atom stereocenters. The summed E-state index contributed by atoms with van der Waals surface area (Å²) in [7, 11) is 0. The summed E-state index contributed by atoms with van der Waals surface area (Å²) >= 11 is 6.25. The lowest BCUT2D eigenvalue weighted by molar-refractivity contribution is 1.16. The van der Waals surface area contributed by atoms with Gasteiger partial charge in [0.25, 0.3) is 0 Å². The van der Waals surface area contributed by atoms with Gasteiger partial charge in [0, 0.05) is 5.69 Å². The van der Waals surface area contributed by atoms with Crippen LogP contribution in [0.25, 0.3) is 0 Å². The first-order valence-corrected chi connectivity index (χ1v) is 3.17. The maximum absolute atomic E-state index is 4.74. The summed E-state index contributed by atoms with van der Waals surface area (Å²) in [5.74, 6) is 0. The molecule has 0 aliphatic carbocycles. The first-order chi connectivity index (χ1) is 3.29. The summed E-state index contributed by atoms with van der Waals surface area (Å²) < 4.78 is 0.734. The first-order valence-electron chi connectivity index (χ1n) is 1.88. The zero-order valence-corrected chi connectivity index (χ0v) is 5.47. The molecule has 0 unspecified atom stereocenters. The van der Waals surface area contributed by atoms with E-state index in [1.165, 1.54) is 11.3 Å². The monoisotopic (exact) mass is 130 g/mol. The molecule has 1 nitrogen and oxygen atoms in total. The molecule has 1 aromatic rings. The van der Waals surface area contributed by atoms with Crippen LogP contribution in [0.1, 0.15) is 5.69 Å². The van der Waals surface area contributed by atoms with Crippen molar-refractivity contribution < 1.29 is 0 Å². The Kier molecular flexibility index (Phi) is 1.25. The zero-order valence-electron chi connectivity index (χ0n) is 3.84. The second-order valence-electron chi connectivity index (χ2n) is 1.25. The molecule has 0 aromatic carbocycles. The number of nitrogens with zero attached hydrogens (tertiary/aromatic N) is 1. The predicted octanol–water partition coefficient (Wildman–Crippen LogP) is 1.36. The number of rotatable bonds is 0. The molecule has 0 saturated carbocycles. The molecule has 0 aliphatic heterocycles. The Labute approximate surface area is 51.8 Å². The van der Waals surface area contributed by atoms with E-state index in [9.17, 15) is 0 Å². The lowest BCUT2D eigenvalue weighted by Gasteiger charge is -1.83. The van der Waals surface area contributed by atoms with Gasteiger partial charge >= 0.3 is 0 Å². The standard InChI is InChI=1S/C4H5NS2/c1-3-2-7-4(6)5-3/h2H,1H3,(H,5,6)/p-1. The molecule has 3 heteroatoms. The number of thiazole rings is 1. The van der Waals surface area contributed by atoms with Crippen LogP contribution in [0.5, 0.6) is 0 Å². The van der Waals surface area contributed by atoms with E-state index in [1.807, 2.05) is 12.3 Å². The summed E-state index contributed by atoms with van der Waals surface area (Å²) in [6, 6.07) is 0. The second-order valence-corrected chi connectivity index (χ2v) is 2.76. The Morgan fingerprint density at radius 1 is 1.86 bits per heavy atom. The smallest absolute Gasteiger partial charge is 0.0271 e. The number of aryl methyl sites for hydroxylation is 1. The van der Waals surface area contributed by atoms with E-state index < -0.39 is 0 Å². The number of aromatic nitrogens is 1. The predicted molar refractivity (Wildman–Crippen MR) is 32.5 cm³/mol. The average Bonchev–Trinajstić information content (AvgIpc) is 1.87. The zero-order chi connectivity index (χ0) is 5.28. The molecular weight excluding hydrogens is 126 g/mol. The van der Waals surface area contributed by atoms with Crippen molar-refractivity contribution in [3.8, 4) is 0 Å². The molecule has 0 saturated heterocycles. The second kappa shape index (κ2) is 1.76. The Hall–Kier alpha value is -0.150. The first kappa shape index (κ1) is 5.00. The maximum atomic E-state index is 4.74. The van der Waals surface area contributed by atoms with Crippen molar-refractivity contribution in [1.29, 1.82) is 0 Å². The van der Waals surface area contributed by atoms with Crippen molar-refractivity contribution in [3.05, 3.63) is 11.1 Å². The fourth-order valence-electron chi connectivity index (χ4n) is 0.332. The van der Waals surface area contributed by atoms with Gasteiger partial charge in [-0.05, 0) is 11.3 Å². The summed E-state index contributed by atoms with van der Waals surface area (Å²) in [6.45, 7) is 1.94. The summed E-state index contributed by atoms with van der Waals surface area (Å²) in [5, 5.41) is 1.95. The van der Waals surface area contributed by atoms with E-state index in [0.717, 1.165) is 10.0 Å². The fraction of sp³-hybridized carbons (Fsp3) is 0.250. The van der Waals surface area contributed by atoms with Gasteiger partial charge in [-0.1, -0.05) is 5.38 Å². The van der Waals surface area contributed by atoms with E-state index in [2.05, 4.69) is 4.98 Å². The van der Waals surface area contributed by atoms with Crippen LogP contribution in [0, 0.1) is 6.92 Å².